The van der Waals surface area contributed by atoms with Crippen molar-refractivity contribution in [2.45, 2.75) is 18.6 Å². The molecule has 88 valence electrons. The summed E-state index contributed by atoms with van der Waals surface area (Å²) in [7, 11) is 0. The van der Waals surface area contributed by atoms with Gasteiger partial charge in [-0.25, -0.2) is 4.98 Å². The molecular weight excluding hydrogens is 236 g/mol. The molecule has 8 heteroatoms. The number of aliphatic hydroxyl groups excluding tert-OH is 2. The molecular formula is C8H11ClN4O3. The van der Waals surface area contributed by atoms with E-state index in [4.69, 9.17) is 23.1 Å². The summed E-state index contributed by atoms with van der Waals surface area (Å²) in [5, 5.41) is 19.1. The third kappa shape index (κ3) is 3.02. The number of nitrogen functional groups attached to an aromatic ring is 1. The summed E-state index contributed by atoms with van der Waals surface area (Å²) in [5.41, 5.74) is 10.3. The Morgan fingerprint density at radius 2 is 2.19 bits per heavy atom. The van der Waals surface area contributed by atoms with Gasteiger partial charge in [0.05, 0.1) is 18.7 Å². The van der Waals surface area contributed by atoms with Crippen molar-refractivity contribution in [3.8, 4) is 0 Å². The van der Waals surface area contributed by atoms with E-state index in [1.54, 1.807) is 0 Å². The second-order valence-corrected chi connectivity index (χ2v) is 3.53. The molecule has 1 amide bonds. The molecule has 0 aliphatic carbocycles. The quantitative estimate of drug-likeness (QED) is 0.537. The number of nitrogens with zero attached hydrogens (tertiary/aromatic N) is 2. The lowest BCUT2D eigenvalue weighted by molar-refractivity contribution is -0.121. The maximum absolute atomic E-state index is 10.5. The van der Waals surface area contributed by atoms with Crippen LogP contribution < -0.4 is 11.5 Å². The monoisotopic (exact) mass is 246 g/mol. The molecule has 7 nitrogen and oxygen atoms in total. The molecule has 1 heterocycles. The highest BCUT2D eigenvalue weighted by Gasteiger charge is 2.24. The van der Waals surface area contributed by atoms with Crippen molar-refractivity contribution in [2.24, 2.45) is 5.73 Å². The second kappa shape index (κ2) is 5.06. The predicted octanol–water partition coefficient (Wildman–Crippen LogP) is -1.02. The van der Waals surface area contributed by atoms with Crippen LogP contribution in [-0.2, 0) is 4.79 Å². The normalized spacial score (nSPS) is 14.4. The average molecular weight is 247 g/mol. The lowest BCUT2D eigenvalue weighted by atomic mass is 10.1. The first-order valence-electron chi connectivity index (χ1n) is 4.34. The smallest absolute Gasteiger partial charge is 0.220 e. The molecule has 1 aromatic heterocycles. The Morgan fingerprint density at radius 1 is 1.56 bits per heavy atom. The molecule has 1 aromatic rings. The fraction of sp³-hybridized carbons (Fsp3) is 0.375. The Kier molecular flexibility index (Phi) is 3.99. The average Bonchev–Trinajstić information content (AvgIpc) is 2.15. The van der Waals surface area contributed by atoms with Gasteiger partial charge in [-0.05, 0) is 0 Å². The van der Waals surface area contributed by atoms with Gasteiger partial charge in [-0.1, -0.05) is 11.6 Å². The number of hydrogen-bond acceptors (Lipinski definition) is 6. The predicted molar refractivity (Wildman–Crippen MR) is 56.2 cm³/mol. The summed E-state index contributed by atoms with van der Waals surface area (Å²) >= 11 is 5.51. The number of aromatic nitrogens is 2. The molecule has 0 saturated heterocycles. The van der Waals surface area contributed by atoms with Crippen LogP contribution in [0.15, 0.2) is 6.20 Å². The van der Waals surface area contributed by atoms with Crippen molar-refractivity contribution in [3.63, 3.8) is 0 Å². The van der Waals surface area contributed by atoms with Crippen LogP contribution in [0.4, 0.5) is 5.82 Å². The van der Waals surface area contributed by atoms with Crippen molar-refractivity contribution in [3.05, 3.63) is 17.0 Å². The van der Waals surface area contributed by atoms with Gasteiger partial charge in [0, 0.05) is 0 Å². The van der Waals surface area contributed by atoms with Crippen LogP contribution in [0.3, 0.4) is 0 Å². The topological polar surface area (TPSA) is 135 Å². The Balaban J connectivity index is 2.87. The first kappa shape index (κ1) is 12.6. The van der Waals surface area contributed by atoms with Gasteiger partial charge in [0.25, 0.3) is 0 Å². The summed E-state index contributed by atoms with van der Waals surface area (Å²) in [6.45, 7) is 0. The van der Waals surface area contributed by atoms with Crippen LogP contribution in [-0.4, -0.2) is 32.2 Å². The minimum Gasteiger partial charge on any atom is -0.389 e. The van der Waals surface area contributed by atoms with E-state index in [0.717, 1.165) is 0 Å². The number of anilines is 1. The minimum atomic E-state index is -1.43. The van der Waals surface area contributed by atoms with Gasteiger partial charge >= 0.3 is 0 Å². The van der Waals surface area contributed by atoms with E-state index in [0.29, 0.717) is 0 Å². The van der Waals surface area contributed by atoms with Crippen molar-refractivity contribution < 1.29 is 15.0 Å². The number of aliphatic hydroxyl groups is 2. The summed E-state index contributed by atoms with van der Waals surface area (Å²) in [6, 6.07) is 0. The number of rotatable bonds is 4. The van der Waals surface area contributed by atoms with Gasteiger partial charge in [-0.15, -0.1) is 0 Å². The first-order valence-corrected chi connectivity index (χ1v) is 4.72. The summed E-state index contributed by atoms with van der Waals surface area (Å²) in [5.74, 6) is -0.851. The largest absolute Gasteiger partial charge is 0.389 e. The van der Waals surface area contributed by atoms with Crippen LogP contribution >= 0.6 is 11.6 Å². The Morgan fingerprint density at radius 3 is 2.69 bits per heavy atom. The van der Waals surface area contributed by atoms with Crippen molar-refractivity contribution in [2.75, 3.05) is 5.73 Å². The molecule has 0 fully saturated rings. The van der Waals surface area contributed by atoms with Gasteiger partial charge in [0.1, 0.15) is 22.8 Å². The lowest BCUT2D eigenvalue weighted by Gasteiger charge is -2.16. The molecule has 2 atom stereocenters. The standard InChI is InChI=1S/C8H11ClN4O3/c9-4-2-12-6(8(11)13-4)7(16)3(14)1-5(10)15/h2-3,7,14,16H,1H2,(H2,10,15)(H2,11,13). The fourth-order valence-electron chi connectivity index (χ4n) is 1.12. The van der Waals surface area contributed by atoms with Gasteiger partial charge in [-0.2, -0.15) is 0 Å². The molecule has 0 aliphatic heterocycles. The molecule has 0 aliphatic rings. The highest BCUT2D eigenvalue weighted by molar-refractivity contribution is 6.29. The zero-order chi connectivity index (χ0) is 12.3. The molecule has 0 saturated carbocycles. The van der Waals surface area contributed by atoms with Crippen molar-refractivity contribution >= 4 is 23.3 Å². The second-order valence-electron chi connectivity index (χ2n) is 3.15. The van der Waals surface area contributed by atoms with Crippen molar-refractivity contribution in [1.82, 2.24) is 9.97 Å². The molecule has 1 rings (SSSR count). The summed E-state index contributed by atoms with van der Waals surface area (Å²) < 4.78 is 0. The van der Waals surface area contributed by atoms with Crippen LogP contribution in [0.25, 0.3) is 0 Å². The zero-order valence-electron chi connectivity index (χ0n) is 8.17. The molecule has 2 unspecified atom stereocenters. The van der Waals surface area contributed by atoms with Gasteiger partial charge in [0.2, 0.25) is 5.91 Å². The fourth-order valence-corrected chi connectivity index (χ4v) is 1.26. The lowest BCUT2D eigenvalue weighted by Crippen LogP contribution is -2.27. The van der Waals surface area contributed by atoms with E-state index in [2.05, 4.69) is 9.97 Å². The van der Waals surface area contributed by atoms with Crippen LogP contribution in [0.5, 0.6) is 0 Å². The summed E-state index contributed by atoms with van der Waals surface area (Å²) in [4.78, 5) is 17.9. The maximum Gasteiger partial charge on any atom is 0.220 e. The van der Waals surface area contributed by atoms with Crippen LogP contribution in [0.1, 0.15) is 18.2 Å². The maximum atomic E-state index is 10.5. The number of nitrogens with two attached hydrogens (primary N) is 2. The molecule has 0 bridgehead atoms. The zero-order valence-corrected chi connectivity index (χ0v) is 8.92. The molecule has 16 heavy (non-hydrogen) atoms. The molecule has 0 aromatic carbocycles. The number of hydrogen-bond donors (Lipinski definition) is 4. The van der Waals surface area contributed by atoms with E-state index in [1.165, 1.54) is 6.20 Å². The number of primary amides is 1. The Hall–Kier alpha value is -1.44. The highest BCUT2D eigenvalue weighted by atomic mass is 35.5. The molecule has 0 radical (unpaired) electrons. The van der Waals surface area contributed by atoms with Crippen molar-refractivity contribution in [1.29, 1.82) is 0 Å². The van der Waals surface area contributed by atoms with E-state index in [1.807, 2.05) is 0 Å². The van der Waals surface area contributed by atoms with Crippen LogP contribution in [0.2, 0.25) is 5.15 Å². The SMILES string of the molecule is NC(=O)CC(O)C(O)c1ncc(Cl)nc1N. The van der Waals surface area contributed by atoms with E-state index in [9.17, 15) is 15.0 Å². The first-order chi connectivity index (χ1) is 7.41. The van der Waals surface area contributed by atoms with Gasteiger partial charge < -0.3 is 21.7 Å². The third-order valence-corrected chi connectivity index (χ3v) is 2.04. The third-order valence-electron chi connectivity index (χ3n) is 1.85. The van der Waals surface area contributed by atoms with Gasteiger partial charge in [0.15, 0.2) is 0 Å². The number of carbonyl (C=O) groups excluding carboxylic acids is 1. The summed E-state index contributed by atoms with van der Waals surface area (Å²) in [6.07, 6.45) is -2.04. The Labute approximate surface area is 96.1 Å². The number of amides is 1. The number of carbonyl (C=O) groups is 1. The minimum absolute atomic E-state index is 0.0434. The highest BCUT2D eigenvalue weighted by Crippen LogP contribution is 2.22. The van der Waals surface area contributed by atoms with Crippen LogP contribution in [0, 0.1) is 0 Å². The molecule has 6 N–H and O–H groups in total. The molecule has 0 spiro atoms. The van der Waals surface area contributed by atoms with Gasteiger partial charge in [-0.3, -0.25) is 9.78 Å². The number of halogens is 1. The van der Waals surface area contributed by atoms with E-state index >= 15 is 0 Å². The van der Waals surface area contributed by atoms with E-state index in [-0.39, 0.29) is 16.7 Å². The van der Waals surface area contributed by atoms with E-state index < -0.39 is 24.5 Å². The Bertz CT molecular complexity index is 401.